The van der Waals surface area contributed by atoms with E-state index in [1.807, 2.05) is 24.5 Å². The molecule has 0 amide bonds. The molecule has 0 unspecified atom stereocenters. The van der Waals surface area contributed by atoms with Crippen molar-refractivity contribution in [2.75, 3.05) is 31.2 Å². The number of nitrogens with zero attached hydrogens (tertiary/aromatic N) is 6. The van der Waals surface area contributed by atoms with Crippen molar-refractivity contribution in [1.82, 2.24) is 29.7 Å². The van der Waals surface area contributed by atoms with Crippen LogP contribution in [0.3, 0.4) is 0 Å². The number of anilines is 1. The van der Waals surface area contributed by atoms with E-state index in [1.165, 1.54) is 12.3 Å². The molecule has 0 spiro atoms. The molecule has 1 aliphatic heterocycles. The van der Waals surface area contributed by atoms with Gasteiger partial charge < -0.3 is 14.6 Å². The molecule has 3 aromatic heterocycles. The fraction of sp³-hybridized carbons (Fsp3) is 0.250. The van der Waals surface area contributed by atoms with Crippen LogP contribution >= 0.6 is 11.6 Å². The van der Waals surface area contributed by atoms with E-state index < -0.39 is 5.82 Å². The molecule has 6 rings (SSSR count). The summed E-state index contributed by atoms with van der Waals surface area (Å²) in [5.41, 5.74) is 4.35. The zero-order valence-corrected chi connectivity index (χ0v) is 19.4. The number of halogens is 2. The van der Waals surface area contributed by atoms with E-state index in [0.717, 1.165) is 41.2 Å². The van der Waals surface area contributed by atoms with Gasteiger partial charge in [-0.15, -0.1) is 10.2 Å². The highest BCUT2D eigenvalue weighted by Gasteiger charge is 2.23. The minimum atomic E-state index is -0.399. The van der Waals surface area contributed by atoms with Gasteiger partial charge in [0, 0.05) is 35.9 Å². The first-order valence-electron chi connectivity index (χ1n) is 11.0. The second-order valence-corrected chi connectivity index (χ2v) is 8.71. The van der Waals surface area contributed by atoms with Gasteiger partial charge in [-0.3, -0.25) is 9.55 Å². The topological polar surface area (TPSA) is 84.8 Å². The summed E-state index contributed by atoms with van der Waals surface area (Å²) in [5, 5.41) is 9.50. The van der Waals surface area contributed by atoms with E-state index in [9.17, 15) is 4.39 Å². The Morgan fingerprint density at radius 2 is 1.91 bits per heavy atom. The second-order valence-electron chi connectivity index (χ2n) is 8.30. The fourth-order valence-corrected chi connectivity index (χ4v) is 4.82. The third-order valence-corrected chi connectivity index (χ3v) is 6.42. The summed E-state index contributed by atoms with van der Waals surface area (Å²) in [7, 11) is 0. The fourth-order valence-electron chi connectivity index (χ4n) is 4.59. The summed E-state index contributed by atoms with van der Waals surface area (Å²) in [6.45, 7) is 6.64. The van der Waals surface area contributed by atoms with E-state index in [0.29, 0.717) is 41.0 Å². The number of ether oxygens (including phenoxy) is 1. The number of benzene rings is 2. The highest BCUT2D eigenvalue weighted by molar-refractivity contribution is 6.33. The Kier molecular flexibility index (Phi) is 4.96. The number of rotatable bonds is 3. The zero-order chi connectivity index (χ0) is 23.4. The van der Waals surface area contributed by atoms with Crippen molar-refractivity contribution in [1.29, 1.82) is 0 Å². The molecule has 1 saturated heterocycles. The summed E-state index contributed by atoms with van der Waals surface area (Å²) in [5.74, 6) is 1.67. The standard InChI is InChI=1S/C24H21ClFN7O/c1-13-28-24(31-30-13)17-10-15(32-6-8-34-9-7-32)11-20-22(17)29-14(2)33(20)23-16-4-3-5-19(26)21(16)27-12-18(23)25/h3-5,10-12H,6-9H2,1-2H3,(H,28,30,31). The van der Waals surface area contributed by atoms with Crippen molar-refractivity contribution in [3.05, 3.63) is 59.0 Å². The minimum Gasteiger partial charge on any atom is -0.378 e. The summed E-state index contributed by atoms with van der Waals surface area (Å²) < 4.78 is 22.1. The Balaban J connectivity index is 1.69. The molecule has 4 heterocycles. The number of hydrogen-bond acceptors (Lipinski definition) is 6. The molecule has 34 heavy (non-hydrogen) atoms. The number of pyridine rings is 1. The van der Waals surface area contributed by atoms with Gasteiger partial charge in [-0.25, -0.2) is 9.37 Å². The molecule has 0 bridgehead atoms. The van der Waals surface area contributed by atoms with Crippen molar-refractivity contribution in [3.63, 3.8) is 0 Å². The number of hydrogen-bond donors (Lipinski definition) is 1. The number of morpholine rings is 1. The number of imidazole rings is 1. The lowest BCUT2D eigenvalue weighted by molar-refractivity contribution is 0.122. The molecule has 2 aromatic carbocycles. The molecule has 1 fully saturated rings. The smallest absolute Gasteiger partial charge is 0.163 e. The number of H-pyrrole nitrogens is 1. The number of aryl methyl sites for hydroxylation is 2. The Morgan fingerprint density at radius 1 is 1.09 bits per heavy atom. The monoisotopic (exact) mass is 477 g/mol. The summed E-state index contributed by atoms with van der Waals surface area (Å²) in [4.78, 5) is 14.6. The summed E-state index contributed by atoms with van der Waals surface area (Å²) in [6, 6.07) is 9.05. The minimum absolute atomic E-state index is 0.263. The molecule has 0 aliphatic carbocycles. The molecule has 172 valence electrons. The van der Waals surface area contributed by atoms with Crippen LogP contribution in [0.4, 0.5) is 10.1 Å². The van der Waals surface area contributed by atoms with Crippen molar-refractivity contribution < 1.29 is 9.13 Å². The van der Waals surface area contributed by atoms with Crippen LogP contribution in [0.15, 0.2) is 36.5 Å². The maximum absolute atomic E-state index is 14.6. The maximum atomic E-state index is 14.6. The van der Waals surface area contributed by atoms with Crippen molar-refractivity contribution >= 4 is 39.2 Å². The van der Waals surface area contributed by atoms with Crippen LogP contribution in [0.25, 0.3) is 39.0 Å². The van der Waals surface area contributed by atoms with Crippen molar-refractivity contribution in [2.24, 2.45) is 0 Å². The Labute approximate surface area is 199 Å². The molecule has 1 N–H and O–H groups in total. The van der Waals surface area contributed by atoms with Crippen LogP contribution < -0.4 is 4.90 Å². The molecular weight excluding hydrogens is 457 g/mol. The first kappa shape index (κ1) is 21.0. The van der Waals surface area contributed by atoms with E-state index in [4.69, 9.17) is 21.3 Å². The quantitative estimate of drug-likeness (QED) is 0.408. The predicted molar refractivity (Wildman–Crippen MR) is 129 cm³/mol. The van der Waals surface area contributed by atoms with Crippen LogP contribution in [-0.2, 0) is 4.74 Å². The number of fused-ring (bicyclic) bond motifs is 2. The maximum Gasteiger partial charge on any atom is 0.163 e. The third-order valence-electron chi connectivity index (χ3n) is 6.14. The van der Waals surface area contributed by atoms with Gasteiger partial charge in [0.2, 0.25) is 0 Å². The third kappa shape index (κ3) is 3.31. The van der Waals surface area contributed by atoms with Gasteiger partial charge >= 0.3 is 0 Å². The van der Waals surface area contributed by atoms with Gasteiger partial charge in [-0.1, -0.05) is 23.7 Å². The average molecular weight is 478 g/mol. The van der Waals surface area contributed by atoms with E-state index in [-0.39, 0.29) is 5.52 Å². The normalized spacial score (nSPS) is 14.4. The number of aromatic nitrogens is 6. The average Bonchev–Trinajstić information content (AvgIpc) is 3.41. The Hall–Kier alpha value is -3.56. The number of nitrogens with one attached hydrogen (secondary N) is 1. The zero-order valence-electron chi connectivity index (χ0n) is 18.6. The van der Waals surface area contributed by atoms with Crippen molar-refractivity contribution in [3.8, 4) is 17.1 Å². The Bertz CT molecular complexity index is 1550. The SMILES string of the molecule is Cc1nnc(-c2cc(N3CCOCC3)cc3c2nc(C)n3-c2c(Cl)cnc3c(F)cccc23)[nH]1. The van der Waals surface area contributed by atoms with Crippen LogP contribution in [0.1, 0.15) is 11.6 Å². The van der Waals surface area contributed by atoms with Crippen LogP contribution in [0, 0.1) is 19.7 Å². The van der Waals surface area contributed by atoms with Crippen LogP contribution in [0.2, 0.25) is 5.02 Å². The van der Waals surface area contributed by atoms with Crippen molar-refractivity contribution in [2.45, 2.75) is 13.8 Å². The highest BCUT2D eigenvalue weighted by atomic mass is 35.5. The molecule has 5 aromatic rings. The van der Waals surface area contributed by atoms with Gasteiger partial charge in [0.05, 0.1) is 29.4 Å². The number of para-hydroxylation sites is 1. The largest absolute Gasteiger partial charge is 0.378 e. The molecule has 0 radical (unpaired) electrons. The highest BCUT2D eigenvalue weighted by Crippen LogP contribution is 2.37. The van der Waals surface area contributed by atoms with Gasteiger partial charge in [0.1, 0.15) is 28.5 Å². The molecule has 1 aliphatic rings. The lowest BCUT2D eigenvalue weighted by Gasteiger charge is -2.29. The van der Waals surface area contributed by atoms with Crippen LogP contribution in [0.5, 0.6) is 0 Å². The summed E-state index contributed by atoms with van der Waals surface area (Å²) in [6.07, 6.45) is 1.49. The lowest BCUT2D eigenvalue weighted by atomic mass is 10.1. The molecule has 0 saturated carbocycles. The van der Waals surface area contributed by atoms with Gasteiger partial charge in [-0.05, 0) is 32.0 Å². The second kappa shape index (κ2) is 8.03. The van der Waals surface area contributed by atoms with E-state index in [1.54, 1.807) is 6.07 Å². The Morgan fingerprint density at radius 3 is 2.68 bits per heavy atom. The lowest BCUT2D eigenvalue weighted by Crippen LogP contribution is -2.36. The van der Waals surface area contributed by atoms with Gasteiger partial charge in [0.25, 0.3) is 0 Å². The first-order chi connectivity index (χ1) is 16.5. The van der Waals surface area contributed by atoms with Gasteiger partial charge in [0.15, 0.2) is 5.82 Å². The van der Waals surface area contributed by atoms with Gasteiger partial charge in [-0.2, -0.15) is 0 Å². The van der Waals surface area contributed by atoms with E-state index in [2.05, 4.69) is 37.2 Å². The van der Waals surface area contributed by atoms with Crippen LogP contribution in [-0.4, -0.2) is 56.0 Å². The van der Waals surface area contributed by atoms with E-state index >= 15 is 0 Å². The molecule has 0 atom stereocenters. The first-order valence-corrected chi connectivity index (χ1v) is 11.4. The predicted octanol–water partition coefficient (Wildman–Crippen LogP) is 4.60. The number of aromatic amines is 1. The molecule has 8 nitrogen and oxygen atoms in total. The summed E-state index contributed by atoms with van der Waals surface area (Å²) >= 11 is 6.68. The molecule has 10 heteroatoms. The molecular formula is C24H21ClFN7O.